The molecule has 0 radical (unpaired) electrons. The predicted molar refractivity (Wildman–Crippen MR) is 127 cm³/mol. The fourth-order valence-corrected chi connectivity index (χ4v) is 6.58. The Bertz CT molecular complexity index is 733. The van der Waals surface area contributed by atoms with Gasteiger partial charge in [0.1, 0.15) is 0 Å². The van der Waals surface area contributed by atoms with Crippen molar-refractivity contribution in [3.8, 4) is 0 Å². The molecule has 1 spiro atoms. The highest BCUT2D eigenvalue weighted by atomic mass is 16.5. The van der Waals surface area contributed by atoms with Crippen LogP contribution in [0, 0.1) is 5.92 Å². The fraction of sp³-hybridized carbons (Fsp3) is 0.741. The number of hydrogen-bond donors (Lipinski definition) is 0. The van der Waals surface area contributed by atoms with Gasteiger partial charge in [-0.2, -0.15) is 0 Å². The average molecular weight is 440 g/mol. The number of hydrogen-bond acceptors (Lipinski definition) is 4. The summed E-state index contributed by atoms with van der Waals surface area (Å²) < 4.78 is 6.40. The summed E-state index contributed by atoms with van der Waals surface area (Å²) in [6.07, 6.45) is 10.1. The number of benzene rings is 1. The van der Waals surface area contributed by atoms with Crippen molar-refractivity contribution in [3.05, 3.63) is 35.9 Å². The van der Waals surface area contributed by atoms with Gasteiger partial charge in [0, 0.05) is 51.8 Å². The molecule has 5 nitrogen and oxygen atoms in total. The minimum atomic E-state index is 0.0404. The summed E-state index contributed by atoms with van der Waals surface area (Å²) in [6, 6.07) is 11.6. The van der Waals surface area contributed by atoms with Crippen LogP contribution in [0.15, 0.2) is 30.3 Å². The van der Waals surface area contributed by atoms with Crippen LogP contribution in [0.3, 0.4) is 0 Å². The molecule has 4 fully saturated rings. The van der Waals surface area contributed by atoms with E-state index in [1.165, 1.54) is 44.3 Å². The van der Waals surface area contributed by atoms with E-state index >= 15 is 0 Å². The van der Waals surface area contributed by atoms with E-state index in [0.29, 0.717) is 11.8 Å². The summed E-state index contributed by atoms with van der Waals surface area (Å²) in [7, 11) is 0. The molecule has 1 atom stereocenters. The normalized spacial score (nSPS) is 27.8. The largest absolute Gasteiger partial charge is 0.375 e. The highest BCUT2D eigenvalue weighted by Gasteiger charge is 2.42. The van der Waals surface area contributed by atoms with Gasteiger partial charge in [0.05, 0.1) is 5.60 Å². The Labute approximate surface area is 194 Å². The fourth-order valence-electron chi connectivity index (χ4n) is 6.58. The summed E-state index contributed by atoms with van der Waals surface area (Å²) in [5.74, 6) is 0.911. The SMILES string of the molecule is O=C(CC1CCOC2(CCN(C3CCN(Cc4ccccc4)CC3)CC2)C1)N1CCCC1. The molecule has 176 valence electrons. The minimum absolute atomic E-state index is 0.0404. The Morgan fingerprint density at radius 3 is 2.38 bits per heavy atom. The molecule has 4 saturated heterocycles. The number of carbonyl (C=O) groups excluding carboxylic acids is 1. The summed E-state index contributed by atoms with van der Waals surface area (Å²) >= 11 is 0. The van der Waals surface area contributed by atoms with Crippen molar-refractivity contribution < 1.29 is 9.53 Å². The van der Waals surface area contributed by atoms with E-state index in [9.17, 15) is 4.79 Å². The lowest BCUT2D eigenvalue weighted by Crippen LogP contribution is -2.54. The van der Waals surface area contributed by atoms with E-state index in [0.717, 1.165) is 77.5 Å². The number of nitrogens with zero attached hydrogens (tertiary/aromatic N) is 3. The lowest BCUT2D eigenvalue weighted by molar-refractivity contribution is -0.143. The zero-order valence-corrected chi connectivity index (χ0v) is 19.7. The number of piperidine rings is 2. The topological polar surface area (TPSA) is 36.0 Å². The Hall–Kier alpha value is -1.43. The van der Waals surface area contributed by atoms with Crippen LogP contribution < -0.4 is 0 Å². The van der Waals surface area contributed by atoms with Crippen LogP contribution in [0.1, 0.15) is 63.4 Å². The summed E-state index contributed by atoms with van der Waals surface area (Å²) in [6.45, 7) is 8.62. The van der Waals surface area contributed by atoms with E-state index in [1.807, 2.05) is 0 Å². The van der Waals surface area contributed by atoms with Crippen molar-refractivity contribution in [2.24, 2.45) is 5.92 Å². The highest BCUT2D eigenvalue weighted by molar-refractivity contribution is 5.76. The van der Waals surface area contributed by atoms with Gasteiger partial charge in [-0.05, 0) is 75.9 Å². The number of rotatable bonds is 5. The standard InChI is InChI=1S/C27H41N3O2/c31-26(30-13-4-5-14-30)20-24-10-19-32-27(21-24)11-17-29(18-12-27)25-8-15-28(16-9-25)22-23-6-2-1-3-7-23/h1-3,6-7,24-25H,4-5,8-22H2. The van der Waals surface area contributed by atoms with Crippen LogP contribution in [-0.2, 0) is 16.1 Å². The second-order valence-corrected chi connectivity index (χ2v) is 10.7. The van der Waals surface area contributed by atoms with E-state index < -0.39 is 0 Å². The third-order valence-electron chi connectivity index (χ3n) is 8.55. The van der Waals surface area contributed by atoms with Crippen LogP contribution in [0.2, 0.25) is 0 Å². The van der Waals surface area contributed by atoms with E-state index in [2.05, 4.69) is 45.0 Å². The lowest BCUT2D eigenvalue weighted by atomic mass is 9.77. The van der Waals surface area contributed by atoms with Crippen molar-refractivity contribution in [2.45, 2.75) is 76.0 Å². The molecule has 0 N–H and O–H groups in total. The molecule has 5 heteroatoms. The molecule has 1 amide bonds. The van der Waals surface area contributed by atoms with Gasteiger partial charge < -0.3 is 14.5 Å². The summed E-state index contributed by atoms with van der Waals surface area (Å²) in [5.41, 5.74) is 1.47. The van der Waals surface area contributed by atoms with Gasteiger partial charge in [0.15, 0.2) is 0 Å². The van der Waals surface area contributed by atoms with E-state index in [4.69, 9.17) is 4.74 Å². The maximum absolute atomic E-state index is 12.7. The van der Waals surface area contributed by atoms with Crippen LogP contribution in [0.5, 0.6) is 0 Å². The molecule has 32 heavy (non-hydrogen) atoms. The minimum Gasteiger partial charge on any atom is -0.375 e. The zero-order valence-electron chi connectivity index (χ0n) is 19.7. The first kappa shape index (κ1) is 22.4. The summed E-state index contributed by atoms with van der Waals surface area (Å²) in [5, 5.41) is 0. The van der Waals surface area contributed by atoms with Gasteiger partial charge in [-0.1, -0.05) is 30.3 Å². The van der Waals surface area contributed by atoms with Crippen molar-refractivity contribution in [3.63, 3.8) is 0 Å². The molecule has 0 aliphatic carbocycles. The summed E-state index contributed by atoms with van der Waals surface area (Å²) in [4.78, 5) is 20.1. The smallest absolute Gasteiger partial charge is 0.222 e. The molecule has 4 heterocycles. The molecule has 1 aromatic carbocycles. The quantitative estimate of drug-likeness (QED) is 0.697. The van der Waals surface area contributed by atoms with Crippen molar-refractivity contribution in [1.29, 1.82) is 0 Å². The van der Waals surface area contributed by atoms with Crippen LogP contribution >= 0.6 is 0 Å². The molecule has 0 bridgehead atoms. The molecular weight excluding hydrogens is 398 g/mol. The highest BCUT2D eigenvalue weighted by Crippen LogP contribution is 2.40. The number of likely N-dealkylation sites (tertiary alicyclic amines) is 3. The number of amides is 1. The Morgan fingerprint density at radius 2 is 1.66 bits per heavy atom. The average Bonchev–Trinajstić information content (AvgIpc) is 3.37. The van der Waals surface area contributed by atoms with Gasteiger partial charge in [-0.15, -0.1) is 0 Å². The third-order valence-corrected chi connectivity index (χ3v) is 8.55. The maximum atomic E-state index is 12.7. The molecule has 5 rings (SSSR count). The second-order valence-electron chi connectivity index (χ2n) is 10.7. The van der Waals surface area contributed by atoms with Gasteiger partial charge in [-0.3, -0.25) is 9.69 Å². The Morgan fingerprint density at radius 1 is 0.938 bits per heavy atom. The van der Waals surface area contributed by atoms with Crippen molar-refractivity contribution in [1.82, 2.24) is 14.7 Å². The zero-order chi connectivity index (χ0) is 21.8. The molecule has 1 unspecified atom stereocenters. The van der Waals surface area contributed by atoms with Gasteiger partial charge in [0.25, 0.3) is 0 Å². The number of ether oxygens (including phenoxy) is 1. The first-order chi connectivity index (χ1) is 15.7. The monoisotopic (exact) mass is 439 g/mol. The van der Waals surface area contributed by atoms with Crippen LogP contribution in [0.4, 0.5) is 0 Å². The second kappa shape index (κ2) is 10.2. The van der Waals surface area contributed by atoms with E-state index in [1.54, 1.807) is 0 Å². The molecule has 0 saturated carbocycles. The Kier molecular flexibility index (Phi) is 7.15. The van der Waals surface area contributed by atoms with Crippen LogP contribution in [0.25, 0.3) is 0 Å². The molecular formula is C27H41N3O2. The van der Waals surface area contributed by atoms with Crippen molar-refractivity contribution in [2.75, 3.05) is 45.9 Å². The molecule has 4 aliphatic heterocycles. The van der Waals surface area contributed by atoms with Gasteiger partial charge >= 0.3 is 0 Å². The lowest BCUT2D eigenvalue weighted by Gasteiger charge is -2.49. The van der Waals surface area contributed by atoms with Gasteiger partial charge in [-0.25, -0.2) is 0 Å². The van der Waals surface area contributed by atoms with Gasteiger partial charge in [0.2, 0.25) is 5.91 Å². The maximum Gasteiger partial charge on any atom is 0.222 e. The van der Waals surface area contributed by atoms with Crippen LogP contribution in [-0.4, -0.2) is 78.1 Å². The molecule has 1 aromatic rings. The first-order valence-electron chi connectivity index (χ1n) is 13.1. The molecule has 4 aliphatic rings. The third kappa shape index (κ3) is 5.37. The van der Waals surface area contributed by atoms with E-state index in [-0.39, 0.29) is 5.60 Å². The number of carbonyl (C=O) groups is 1. The first-order valence-corrected chi connectivity index (χ1v) is 13.1. The predicted octanol–water partition coefficient (Wildman–Crippen LogP) is 3.92. The Balaban J connectivity index is 1.07. The van der Waals surface area contributed by atoms with Crippen molar-refractivity contribution >= 4 is 5.91 Å². The molecule has 0 aromatic heterocycles.